The van der Waals surface area contributed by atoms with Crippen molar-refractivity contribution in [2.75, 3.05) is 6.54 Å². The molecule has 2 rings (SSSR count). The van der Waals surface area contributed by atoms with Gasteiger partial charge in [0.05, 0.1) is 0 Å². The predicted octanol–water partition coefficient (Wildman–Crippen LogP) is 3.93. The van der Waals surface area contributed by atoms with Crippen LogP contribution in [-0.2, 0) is 0 Å². The average Bonchev–Trinajstić information content (AvgIpc) is 2.14. The maximum absolute atomic E-state index is 13.8. The summed E-state index contributed by atoms with van der Waals surface area (Å²) >= 11 is 5.77. The van der Waals surface area contributed by atoms with Crippen molar-refractivity contribution in [1.29, 1.82) is 0 Å². The highest BCUT2D eigenvalue weighted by Gasteiger charge is 2.29. The first kappa shape index (κ1) is 11.9. The molecule has 1 saturated carbocycles. The number of hydrogen-bond donors (Lipinski definition) is 1. The fourth-order valence-electron chi connectivity index (χ4n) is 2.28. The summed E-state index contributed by atoms with van der Waals surface area (Å²) in [6, 6.07) is 5.13. The Morgan fingerprint density at radius 1 is 1.50 bits per heavy atom. The third-order valence-corrected chi connectivity index (χ3v) is 3.58. The van der Waals surface area contributed by atoms with E-state index in [1.54, 1.807) is 6.07 Å². The van der Waals surface area contributed by atoms with Crippen molar-refractivity contribution in [1.82, 2.24) is 5.32 Å². The SMILES string of the molecule is CCNC(c1ccc(Cl)cc1F)C1CCC1. The van der Waals surface area contributed by atoms with Crippen LogP contribution in [0.15, 0.2) is 18.2 Å². The molecule has 1 aliphatic rings. The molecule has 0 amide bonds. The quantitative estimate of drug-likeness (QED) is 0.842. The molecular formula is C13H17ClFN. The highest BCUT2D eigenvalue weighted by molar-refractivity contribution is 6.30. The molecule has 1 aromatic rings. The molecule has 0 radical (unpaired) electrons. The van der Waals surface area contributed by atoms with Gasteiger partial charge in [0.2, 0.25) is 0 Å². The van der Waals surface area contributed by atoms with Gasteiger partial charge in [0.1, 0.15) is 5.82 Å². The van der Waals surface area contributed by atoms with Crippen molar-refractivity contribution >= 4 is 11.6 Å². The first-order chi connectivity index (χ1) is 7.72. The zero-order valence-electron chi connectivity index (χ0n) is 9.47. The second kappa shape index (κ2) is 5.15. The van der Waals surface area contributed by atoms with Crippen LogP contribution in [0.3, 0.4) is 0 Å². The molecule has 3 heteroatoms. The highest BCUT2D eigenvalue weighted by atomic mass is 35.5. The second-order valence-electron chi connectivity index (χ2n) is 4.39. The zero-order chi connectivity index (χ0) is 11.5. The number of halogens is 2. The molecule has 0 heterocycles. The Bertz CT molecular complexity index is 363. The van der Waals surface area contributed by atoms with Crippen molar-refractivity contribution in [3.05, 3.63) is 34.6 Å². The van der Waals surface area contributed by atoms with Gasteiger partial charge in [-0.1, -0.05) is 31.0 Å². The lowest BCUT2D eigenvalue weighted by atomic mass is 9.77. The van der Waals surface area contributed by atoms with Crippen LogP contribution in [0.25, 0.3) is 0 Å². The number of benzene rings is 1. The molecule has 1 fully saturated rings. The van der Waals surface area contributed by atoms with Crippen LogP contribution < -0.4 is 5.32 Å². The zero-order valence-corrected chi connectivity index (χ0v) is 10.2. The monoisotopic (exact) mass is 241 g/mol. The molecule has 0 aromatic heterocycles. The summed E-state index contributed by atoms with van der Waals surface area (Å²) in [4.78, 5) is 0. The highest BCUT2D eigenvalue weighted by Crippen LogP contribution is 2.38. The fourth-order valence-corrected chi connectivity index (χ4v) is 2.44. The largest absolute Gasteiger partial charge is 0.310 e. The average molecular weight is 242 g/mol. The van der Waals surface area contributed by atoms with E-state index in [0.29, 0.717) is 10.9 Å². The number of nitrogens with one attached hydrogen (secondary N) is 1. The van der Waals surface area contributed by atoms with Crippen molar-refractivity contribution in [2.24, 2.45) is 5.92 Å². The summed E-state index contributed by atoms with van der Waals surface area (Å²) in [7, 11) is 0. The van der Waals surface area contributed by atoms with E-state index in [-0.39, 0.29) is 11.9 Å². The van der Waals surface area contributed by atoms with Crippen molar-refractivity contribution in [3.8, 4) is 0 Å². The molecule has 1 aliphatic carbocycles. The molecule has 88 valence electrons. The minimum absolute atomic E-state index is 0.149. The van der Waals surface area contributed by atoms with Crippen LogP contribution in [0.2, 0.25) is 5.02 Å². The van der Waals surface area contributed by atoms with E-state index in [1.807, 2.05) is 6.07 Å². The molecule has 1 N–H and O–H groups in total. The van der Waals surface area contributed by atoms with Gasteiger partial charge in [0.25, 0.3) is 0 Å². The third kappa shape index (κ3) is 2.38. The molecule has 1 nitrogen and oxygen atoms in total. The van der Waals surface area contributed by atoms with Crippen LogP contribution in [0.1, 0.15) is 37.8 Å². The summed E-state index contributed by atoms with van der Waals surface area (Å²) in [6.45, 7) is 2.92. The van der Waals surface area contributed by atoms with E-state index in [2.05, 4.69) is 12.2 Å². The number of hydrogen-bond acceptors (Lipinski definition) is 1. The summed E-state index contributed by atoms with van der Waals surface area (Å²) in [5, 5.41) is 3.84. The van der Waals surface area contributed by atoms with Crippen LogP contribution in [0.4, 0.5) is 4.39 Å². The van der Waals surface area contributed by atoms with E-state index in [1.165, 1.54) is 25.3 Å². The first-order valence-electron chi connectivity index (χ1n) is 5.90. The lowest BCUT2D eigenvalue weighted by Gasteiger charge is -2.34. The molecule has 16 heavy (non-hydrogen) atoms. The van der Waals surface area contributed by atoms with Gasteiger partial charge in [-0.15, -0.1) is 0 Å². The molecular weight excluding hydrogens is 225 g/mol. The summed E-state index contributed by atoms with van der Waals surface area (Å²) in [6.07, 6.45) is 3.65. The first-order valence-corrected chi connectivity index (χ1v) is 6.28. The maximum Gasteiger partial charge on any atom is 0.129 e. The Kier molecular flexibility index (Phi) is 3.82. The van der Waals surface area contributed by atoms with Crippen molar-refractivity contribution in [3.63, 3.8) is 0 Å². The fraction of sp³-hybridized carbons (Fsp3) is 0.538. The molecule has 0 bridgehead atoms. The minimum atomic E-state index is -0.189. The predicted molar refractivity (Wildman–Crippen MR) is 65.2 cm³/mol. The maximum atomic E-state index is 13.8. The topological polar surface area (TPSA) is 12.0 Å². The molecule has 1 unspecified atom stereocenters. The van der Waals surface area contributed by atoms with Crippen LogP contribution in [0.5, 0.6) is 0 Å². The second-order valence-corrected chi connectivity index (χ2v) is 4.83. The van der Waals surface area contributed by atoms with Gasteiger partial charge in [-0.25, -0.2) is 4.39 Å². The normalized spacial score (nSPS) is 18.2. The summed E-state index contributed by atoms with van der Waals surface area (Å²) < 4.78 is 13.8. The standard InChI is InChI=1S/C13H17ClFN/c1-2-16-13(9-4-3-5-9)11-7-6-10(14)8-12(11)15/h6-9,13,16H,2-5H2,1H3. The molecule has 1 atom stereocenters. The number of rotatable bonds is 4. The van der Waals surface area contributed by atoms with Gasteiger partial charge in [0, 0.05) is 16.6 Å². The minimum Gasteiger partial charge on any atom is -0.310 e. The smallest absolute Gasteiger partial charge is 0.129 e. The van der Waals surface area contributed by atoms with Crippen LogP contribution in [-0.4, -0.2) is 6.54 Å². The Morgan fingerprint density at radius 3 is 2.75 bits per heavy atom. The van der Waals surface area contributed by atoms with Gasteiger partial charge in [-0.2, -0.15) is 0 Å². The van der Waals surface area contributed by atoms with Gasteiger partial charge in [-0.3, -0.25) is 0 Å². The molecule has 0 spiro atoms. The van der Waals surface area contributed by atoms with E-state index in [9.17, 15) is 4.39 Å². The van der Waals surface area contributed by atoms with Gasteiger partial charge in [-0.05, 0) is 37.4 Å². The summed E-state index contributed by atoms with van der Waals surface area (Å²) in [5.41, 5.74) is 0.760. The van der Waals surface area contributed by atoms with E-state index < -0.39 is 0 Å². The van der Waals surface area contributed by atoms with E-state index >= 15 is 0 Å². The van der Waals surface area contributed by atoms with Gasteiger partial charge >= 0.3 is 0 Å². The Balaban J connectivity index is 2.23. The Morgan fingerprint density at radius 2 is 2.25 bits per heavy atom. The van der Waals surface area contributed by atoms with Gasteiger partial charge in [0.15, 0.2) is 0 Å². The molecule has 0 aliphatic heterocycles. The molecule has 1 aromatic carbocycles. The lowest BCUT2D eigenvalue weighted by Crippen LogP contribution is -2.32. The summed E-state index contributed by atoms with van der Waals surface area (Å²) in [5.74, 6) is 0.390. The molecule has 0 saturated heterocycles. The van der Waals surface area contributed by atoms with Gasteiger partial charge < -0.3 is 5.32 Å². The third-order valence-electron chi connectivity index (χ3n) is 3.34. The van der Waals surface area contributed by atoms with Crippen LogP contribution in [0, 0.1) is 11.7 Å². The Labute approximate surface area is 101 Å². The Hall–Kier alpha value is -0.600. The van der Waals surface area contributed by atoms with E-state index in [4.69, 9.17) is 11.6 Å². The van der Waals surface area contributed by atoms with Crippen molar-refractivity contribution in [2.45, 2.75) is 32.2 Å². The van der Waals surface area contributed by atoms with E-state index in [0.717, 1.165) is 12.1 Å². The van der Waals surface area contributed by atoms with Crippen molar-refractivity contribution < 1.29 is 4.39 Å². The van der Waals surface area contributed by atoms with Crippen LogP contribution >= 0.6 is 11.6 Å². The lowest BCUT2D eigenvalue weighted by molar-refractivity contribution is 0.229.